The molecule has 1 saturated heterocycles. The molecule has 2 rings (SSSR count). The molecule has 0 N–H and O–H groups in total. The summed E-state index contributed by atoms with van der Waals surface area (Å²) in [5, 5.41) is 6.68. The summed E-state index contributed by atoms with van der Waals surface area (Å²) in [6, 6.07) is 2.05. The van der Waals surface area contributed by atoms with Gasteiger partial charge in [-0.05, 0) is 32.3 Å². The molecule has 0 spiro atoms. The molecule has 0 aliphatic carbocycles. The Kier molecular flexibility index (Phi) is 2.02. The zero-order chi connectivity index (χ0) is 8.39. The van der Waals surface area contributed by atoms with Gasteiger partial charge >= 0.3 is 0 Å². The van der Waals surface area contributed by atoms with Crippen molar-refractivity contribution in [2.75, 3.05) is 18.1 Å². The van der Waals surface area contributed by atoms with Crippen LogP contribution in [0.3, 0.4) is 0 Å². The second kappa shape index (κ2) is 3.17. The van der Waals surface area contributed by atoms with Crippen LogP contribution in [0.5, 0.6) is 0 Å². The standard InChI is InChI=1S/C9H15N3/c1-9-5-8-12(10-9)11-6-3-2-4-7-11/h5,8H,2-4,6-7H2,1H3. The van der Waals surface area contributed by atoms with Gasteiger partial charge in [0.05, 0.1) is 5.69 Å². The first-order chi connectivity index (χ1) is 5.86. The lowest BCUT2D eigenvalue weighted by molar-refractivity contribution is 0.447. The van der Waals surface area contributed by atoms with E-state index in [0.29, 0.717) is 0 Å². The Balaban J connectivity index is 2.08. The molecule has 1 aliphatic rings. The molecule has 3 heteroatoms. The maximum atomic E-state index is 4.38. The van der Waals surface area contributed by atoms with Crippen molar-refractivity contribution in [2.24, 2.45) is 0 Å². The Morgan fingerprint density at radius 3 is 2.58 bits per heavy atom. The molecule has 1 aromatic rings. The summed E-state index contributed by atoms with van der Waals surface area (Å²) in [6.07, 6.45) is 6.02. The Labute approximate surface area is 73.0 Å². The van der Waals surface area contributed by atoms with Gasteiger partial charge in [0.25, 0.3) is 0 Å². The van der Waals surface area contributed by atoms with Crippen LogP contribution >= 0.6 is 0 Å². The smallest absolute Gasteiger partial charge is 0.0614 e. The fourth-order valence-electron chi connectivity index (χ4n) is 1.64. The number of aryl methyl sites for hydroxylation is 1. The Hall–Kier alpha value is -0.990. The van der Waals surface area contributed by atoms with Gasteiger partial charge in [-0.1, -0.05) is 0 Å². The Bertz CT molecular complexity index is 248. The second-order valence-electron chi connectivity index (χ2n) is 3.39. The molecule has 0 saturated carbocycles. The first kappa shape index (κ1) is 7.65. The molecule has 0 amide bonds. The number of nitrogens with zero attached hydrogens (tertiary/aromatic N) is 3. The highest BCUT2D eigenvalue weighted by atomic mass is 15.6. The summed E-state index contributed by atoms with van der Waals surface area (Å²) in [4.78, 5) is 1.98. The highest BCUT2D eigenvalue weighted by Crippen LogP contribution is 2.07. The van der Waals surface area contributed by atoms with Crippen molar-refractivity contribution in [2.45, 2.75) is 26.2 Å². The topological polar surface area (TPSA) is 21.1 Å². The summed E-state index contributed by atoms with van der Waals surface area (Å²) >= 11 is 0. The van der Waals surface area contributed by atoms with Crippen LogP contribution in [-0.4, -0.2) is 23.0 Å². The van der Waals surface area contributed by atoms with E-state index in [0.717, 1.165) is 18.8 Å². The van der Waals surface area contributed by atoms with Crippen LogP contribution < -0.4 is 5.01 Å². The SMILES string of the molecule is Cc1ccn(N2CCCCC2)n1. The van der Waals surface area contributed by atoms with Crippen molar-refractivity contribution in [1.29, 1.82) is 0 Å². The predicted octanol–water partition coefficient (Wildman–Crippen LogP) is 1.31. The van der Waals surface area contributed by atoms with Gasteiger partial charge in [-0.2, -0.15) is 9.89 Å². The van der Waals surface area contributed by atoms with Crippen molar-refractivity contribution in [1.82, 2.24) is 9.89 Å². The highest BCUT2D eigenvalue weighted by Gasteiger charge is 2.10. The van der Waals surface area contributed by atoms with Gasteiger partial charge in [0, 0.05) is 19.3 Å². The van der Waals surface area contributed by atoms with Gasteiger partial charge in [-0.15, -0.1) is 0 Å². The summed E-state index contributed by atoms with van der Waals surface area (Å²) in [5.74, 6) is 0. The fourth-order valence-corrected chi connectivity index (χ4v) is 1.64. The van der Waals surface area contributed by atoms with Gasteiger partial charge in [0.1, 0.15) is 0 Å². The van der Waals surface area contributed by atoms with Crippen molar-refractivity contribution in [3.63, 3.8) is 0 Å². The molecule has 1 aromatic heterocycles. The normalized spacial score (nSPS) is 18.2. The van der Waals surface area contributed by atoms with Crippen LogP contribution in [0.1, 0.15) is 25.0 Å². The van der Waals surface area contributed by atoms with Crippen molar-refractivity contribution in [3.8, 4) is 0 Å². The van der Waals surface area contributed by atoms with Gasteiger partial charge in [-0.3, -0.25) is 5.01 Å². The van der Waals surface area contributed by atoms with Gasteiger partial charge in [-0.25, -0.2) is 0 Å². The number of hydrogen-bond acceptors (Lipinski definition) is 2. The maximum Gasteiger partial charge on any atom is 0.0614 e. The van der Waals surface area contributed by atoms with Crippen molar-refractivity contribution < 1.29 is 0 Å². The van der Waals surface area contributed by atoms with E-state index >= 15 is 0 Å². The van der Waals surface area contributed by atoms with Gasteiger partial charge < -0.3 is 0 Å². The lowest BCUT2D eigenvalue weighted by atomic mass is 10.2. The van der Waals surface area contributed by atoms with E-state index in [1.807, 2.05) is 17.9 Å². The van der Waals surface area contributed by atoms with E-state index in [1.54, 1.807) is 0 Å². The van der Waals surface area contributed by atoms with Crippen LogP contribution in [0.25, 0.3) is 0 Å². The van der Waals surface area contributed by atoms with Crippen LogP contribution in [0.2, 0.25) is 0 Å². The van der Waals surface area contributed by atoms with E-state index < -0.39 is 0 Å². The van der Waals surface area contributed by atoms with Crippen LogP contribution in [0.4, 0.5) is 0 Å². The molecule has 0 atom stereocenters. The average molecular weight is 165 g/mol. The third kappa shape index (κ3) is 1.44. The molecule has 12 heavy (non-hydrogen) atoms. The van der Waals surface area contributed by atoms with Crippen LogP contribution in [0, 0.1) is 6.92 Å². The molecule has 1 fully saturated rings. The number of aromatic nitrogens is 2. The number of hydrogen-bond donors (Lipinski definition) is 0. The molecule has 0 bridgehead atoms. The molecule has 66 valence electrons. The zero-order valence-electron chi connectivity index (χ0n) is 7.53. The monoisotopic (exact) mass is 165 g/mol. The van der Waals surface area contributed by atoms with E-state index in [4.69, 9.17) is 0 Å². The average Bonchev–Trinajstić information content (AvgIpc) is 2.54. The third-order valence-corrected chi connectivity index (χ3v) is 2.33. The van der Waals surface area contributed by atoms with Crippen molar-refractivity contribution >= 4 is 0 Å². The zero-order valence-corrected chi connectivity index (χ0v) is 7.53. The minimum atomic E-state index is 1.10. The van der Waals surface area contributed by atoms with Gasteiger partial charge in [0.15, 0.2) is 0 Å². The molecule has 0 unspecified atom stereocenters. The number of rotatable bonds is 1. The summed E-state index contributed by atoms with van der Waals surface area (Å²) in [7, 11) is 0. The lowest BCUT2D eigenvalue weighted by Gasteiger charge is -2.28. The van der Waals surface area contributed by atoms with Crippen molar-refractivity contribution in [3.05, 3.63) is 18.0 Å². The lowest BCUT2D eigenvalue weighted by Crippen LogP contribution is -2.39. The third-order valence-electron chi connectivity index (χ3n) is 2.33. The fraction of sp³-hybridized carbons (Fsp3) is 0.667. The van der Waals surface area contributed by atoms with E-state index in [1.165, 1.54) is 19.3 Å². The number of piperidine rings is 1. The van der Waals surface area contributed by atoms with Gasteiger partial charge in [0.2, 0.25) is 0 Å². The minimum absolute atomic E-state index is 1.10. The first-order valence-corrected chi connectivity index (χ1v) is 4.64. The Morgan fingerprint density at radius 1 is 1.25 bits per heavy atom. The second-order valence-corrected chi connectivity index (χ2v) is 3.39. The molecule has 3 nitrogen and oxygen atoms in total. The minimum Gasteiger partial charge on any atom is -0.297 e. The predicted molar refractivity (Wildman–Crippen MR) is 48.8 cm³/mol. The van der Waals surface area contributed by atoms with E-state index in [9.17, 15) is 0 Å². The largest absolute Gasteiger partial charge is 0.297 e. The van der Waals surface area contributed by atoms with Crippen LogP contribution in [-0.2, 0) is 0 Å². The van der Waals surface area contributed by atoms with E-state index in [-0.39, 0.29) is 0 Å². The molecule has 0 radical (unpaired) electrons. The summed E-state index contributed by atoms with van der Waals surface area (Å²) in [5.41, 5.74) is 1.10. The molecule has 0 aromatic carbocycles. The first-order valence-electron chi connectivity index (χ1n) is 4.64. The molecule has 1 aliphatic heterocycles. The van der Waals surface area contributed by atoms with Crippen LogP contribution in [0.15, 0.2) is 12.3 Å². The summed E-state index contributed by atoms with van der Waals surface area (Å²) in [6.45, 7) is 4.34. The summed E-state index contributed by atoms with van der Waals surface area (Å²) < 4.78 is 0. The molecule has 2 heterocycles. The molecular weight excluding hydrogens is 150 g/mol. The van der Waals surface area contributed by atoms with E-state index in [2.05, 4.69) is 16.2 Å². The maximum absolute atomic E-state index is 4.38. The quantitative estimate of drug-likeness (QED) is 0.625. The molecular formula is C9H15N3. The Morgan fingerprint density at radius 2 is 2.00 bits per heavy atom. The highest BCUT2D eigenvalue weighted by molar-refractivity contribution is 4.99.